The quantitative estimate of drug-likeness (QED) is 0.287. The Morgan fingerprint density at radius 1 is 0.724 bits per heavy atom. The Labute approximate surface area is 189 Å². The van der Waals surface area contributed by atoms with E-state index in [-0.39, 0.29) is 5.91 Å². The second-order valence-electron chi connectivity index (χ2n) is 5.95. The molecule has 29 heavy (non-hydrogen) atoms. The summed E-state index contributed by atoms with van der Waals surface area (Å²) in [5, 5.41) is 10.8. The highest BCUT2D eigenvalue weighted by atomic mass is 35.5. The van der Waals surface area contributed by atoms with Crippen LogP contribution in [0.25, 0.3) is 0 Å². The summed E-state index contributed by atoms with van der Waals surface area (Å²) in [6.07, 6.45) is 0. The van der Waals surface area contributed by atoms with Crippen LogP contribution in [0.5, 0.6) is 0 Å². The van der Waals surface area contributed by atoms with Crippen molar-refractivity contribution in [3.63, 3.8) is 0 Å². The van der Waals surface area contributed by atoms with Gasteiger partial charge < -0.3 is 16.0 Å². The molecule has 0 aliphatic rings. The number of carbonyl (C=O) groups is 1. The number of carbonyl (C=O) groups excluding carboxylic acids is 1. The summed E-state index contributed by atoms with van der Waals surface area (Å²) in [6, 6.07) is 22.0. The van der Waals surface area contributed by atoms with Crippen LogP contribution in [0, 0.1) is 0 Å². The van der Waals surface area contributed by atoms with Crippen LogP contribution in [-0.2, 0) is 4.79 Å². The number of anilines is 3. The zero-order chi connectivity index (χ0) is 20.6. The molecule has 3 rings (SSSR count). The molecule has 0 heterocycles. The SMILES string of the molecule is O=C(CSc1ccc(NC(=S)Nc2ccc(Cl)cc2)cc1)Nc1ccc(Cl)cc1. The predicted molar refractivity (Wildman–Crippen MR) is 129 cm³/mol. The third kappa shape index (κ3) is 7.25. The zero-order valence-electron chi connectivity index (χ0n) is 15.1. The molecule has 0 spiro atoms. The summed E-state index contributed by atoms with van der Waals surface area (Å²) < 4.78 is 0. The first-order valence-corrected chi connectivity index (χ1v) is 10.7. The summed E-state index contributed by atoms with van der Waals surface area (Å²) in [5.41, 5.74) is 2.43. The van der Waals surface area contributed by atoms with Gasteiger partial charge in [0.25, 0.3) is 0 Å². The molecule has 148 valence electrons. The maximum atomic E-state index is 12.1. The molecule has 4 nitrogen and oxygen atoms in total. The first kappa shape index (κ1) is 21.5. The van der Waals surface area contributed by atoms with E-state index in [1.807, 2.05) is 36.4 Å². The topological polar surface area (TPSA) is 53.2 Å². The van der Waals surface area contributed by atoms with Gasteiger partial charge in [0.1, 0.15) is 0 Å². The van der Waals surface area contributed by atoms with Crippen molar-refractivity contribution in [2.45, 2.75) is 4.90 Å². The van der Waals surface area contributed by atoms with Crippen molar-refractivity contribution in [2.75, 3.05) is 21.7 Å². The number of hydrogen-bond donors (Lipinski definition) is 3. The molecule has 0 radical (unpaired) electrons. The van der Waals surface area contributed by atoms with Gasteiger partial charge in [-0.2, -0.15) is 0 Å². The van der Waals surface area contributed by atoms with Gasteiger partial charge >= 0.3 is 0 Å². The molecule has 0 saturated carbocycles. The number of benzene rings is 3. The molecular weight excluding hydrogens is 445 g/mol. The molecule has 0 aliphatic heterocycles. The fourth-order valence-corrected chi connectivity index (χ4v) is 3.53. The minimum atomic E-state index is -0.0760. The van der Waals surface area contributed by atoms with E-state index in [9.17, 15) is 4.79 Å². The number of thioether (sulfide) groups is 1. The Kier molecular flexibility index (Phi) is 7.77. The standard InChI is InChI=1S/C21H17Cl2N3OS2/c22-14-1-5-16(6-2-14)24-20(27)13-29-19-11-9-18(10-12-19)26-21(28)25-17-7-3-15(23)4-8-17/h1-12H,13H2,(H,24,27)(H2,25,26,28). The molecule has 0 aliphatic carbocycles. The molecule has 0 fully saturated rings. The average molecular weight is 462 g/mol. The Morgan fingerprint density at radius 3 is 1.62 bits per heavy atom. The second-order valence-corrected chi connectivity index (χ2v) is 8.28. The van der Waals surface area contributed by atoms with E-state index in [2.05, 4.69) is 16.0 Å². The van der Waals surface area contributed by atoms with Crippen LogP contribution in [0.3, 0.4) is 0 Å². The molecule has 0 unspecified atom stereocenters. The van der Waals surface area contributed by atoms with Crippen molar-refractivity contribution < 1.29 is 4.79 Å². The Hall–Kier alpha value is -2.25. The van der Waals surface area contributed by atoms with Crippen LogP contribution >= 0.6 is 47.2 Å². The molecule has 8 heteroatoms. The van der Waals surface area contributed by atoms with E-state index in [4.69, 9.17) is 35.4 Å². The number of halogens is 2. The maximum Gasteiger partial charge on any atom is 0.234 e. The van der Waals surface area contributed by atoms with Crippen molar-refractivity contribution in [3.05, 3.63) is 82.8 Å². The van der Waals surface area contributed by atoms with Gasteiger partial charge in [0.05, 0.1) is 5.75 Å². The lowest BCUT2D eigenvalue weighted by atomic mass is 10.3. The van der Waals surface area contributed by atoms with Crippen LogP contribution in [0.15, 0.2) is 77.7 Å². The Balaban J connectivity index is 1.45. The number of rotatable bonds is 6. The summed E-state index contributed by atoms with van der Waals surface area (Å²) in [6.45, 7) is 0. The lowest BCUT2D eigenvalue weighted by Gasteiger charge is -2.11. The normalized spacial score (nSPS) is 10.3. The highest BCUT2D eigenvalue weighted by Crippen LogP contribution is 2.21. The fourth-order valence-electron chi connectivity index (χ4n) is 2.34. The lowest BCUT2D eigenvalue weighted by Crippen LogP contribution is -2.18. The van der Waals surface area contributed by atoms with Crippen LogP contribution < -0.4 is 16.0 Å². The molecule has 3 aromatic carbocycles. The van der Waals surface area contributed by atoms with E-state index in [1.54, 1.807) is 36.4 Å². The minimum absolute atomic E-state index is 0.0760. The predicted octanol–water partition coefficient (Wildman–Crippen LogP) is 6.53. The van der Waals surface area contributed by atoms with Crippen molar-refractivity contribution in [2.24, 2.45) is 0 Å². The second kappa shape index (κ2) is 10.5. The van der Waals surface area contributed by atoms with E-state index in [0.29, 0.717) is 20.9 Å². The molecule has 0 bridgehead atoms. The number of thiocarbonyl (C=S) groups is 1. The van der Waals surface area contributed by atoms with E-state index in [0.717, 1.165) is 22.0 Å². The van der Waals surface area contributed by atoms with Crippen molar-refractivity contribution in [3.8, 4) is 0 Å². The number of amides is 1. The van der Waals surface area contributed by atoms with Gasteiger partial charge in [0, 0.05) is 32.0 Å². The van der Waals surface area contributed by atoms with Gasteiger partial charge in [-0.1, -0.05) is 23.2 Å². The first-order valence-electron chi connectivity index (χ1n) is 8.60. The summed E-state index contributed by atoms with van der Waals surface area (Å²) in [4.78, 5) is 13.1. The van der Waals surface area contributed by atoms with Gasteiger partial charge in [0.15, 0.2) is 5.11 Å². The Morgan fingerprint density at radius 2 is 1.14 bits per heavy atom. The van der Waals surface area contributed by atoms with Crippen molar-refractivity contribution >= 4 is 75.3 Å². The molecule has 3 N–H and O–H groups in total. The smallest absolute Gasteiger partial charge is 0.234 e. The van der Waals surface area contributed by atoms with Gasteiger partial charge in [0.2, 0.25) is 5.91 Å². The van der Waals surface area contributed by atoms with Gasteiger partial charge in [-0.3, -0.25) is 4.79 Å². The highest BCUT2D eigenvalue weighted by Gasteiger charge is 2.05. The third-order valence-electron chi connectivity index (χ3n) is 3.71. The molecular formula is C21H17Cl2N3OS2. The number of hydrogen-bond acceptors (Lipinski definition) is 3. The van der Waals surface area contributed by atoms with Crippen LogP contribution in [-0.4, -0.2) is 16.8 Å². The van der Waals surface area contributed by atoms with Crippen molar-refractivity contribution in [1.29, 1.82) is 0 Å². The molecule has 3 aromatic rings. The first-order chi connectivity index (χ1) is 14.0. The molecule has 0 aromatic heterocycles. The Bertz CT molecular complexity index is 978. The molecule has 1 amide bonds. The maximum absolute atomic E-state index is 12.1. The molecule has 0 saturated heterocycles. The van der Waals surface area contributed by atoms with Gasteiger partial charge in [-0.25, -0.2) is 0 Å². The summed E-state index contributed by atoms with van der Waals surface area (Å²) >= 11 is 18.5. The number of nitrogens with one attached hydrogen (secondary N) is 3. The summed E-state index contributed by atoms with van der Waals surface area (Å²) in [7, 11) is 0. The lowest BCUT2D eigenvalue weighted by molar-refractivity contribution is -0.113. The van der Waals surface area contributed by atoms with Crippen LogP contribution in [0.2, 0.25) is 10.0 Å². The zero-order valence-corrected chi connectivity index (χ0v) is 18.3. The molecule has 0 atom stereocenters. The van der Waals surface area contributed by atoms with E-state index in [1.165, 1.54) is 11.8 Å². The minimum Gasteiger partial charge on any atom is -0.332 e. The van der Waals surface area contributed by atoms with Gasteiger partial charge in [-0.15, -0.1) is 11.8 Å². The third-order valence-corrected chi connectivity index (χ3v) is 5.43. The largest absolute Gasteiger partial charge is 0.332 e. The fraction of sp³-hybridized carbons (Fsp3) is 0.0476. The summed E-state index contributed by atoms with van der Waals surface area (Å²) in [5.74, 6) is 0.235. The van der Waals surface area contributed by atoms with Gasteiger partial charge in [-0.05, 0) is 85.0 Å². The van der Waals surface area contributed by atoms with Crippen LogP contribution in [0.1, 0.15) is 0 Å². The van der Waals surface area contributed by atoms with E-state index >= 15 is 0 Å². The van der Waals surface area contributed by atoms with E-state index < -0.39 is 0 Å². The van der Waals surface area contributed by atoms with Crippen molar-refractivity contribution in [1.82, 2.24) is 0 Å². The monoisotopic (exact) mass is 461 g/mol. The van der Waals surface area contributed by atoms with Crippen LogP contribution in [0.4, 0.5) is 17.1 Å². The average Bonchev–Trinajstić information content (AvgIpc) is 2.71. The highest BCUT2D eigenvalue weighted by molar-refractivity contribution is 8.00.